The third-order valence-electron chi connectivity index (χ3n) is 1.84. The van der Waals surface area contributed by atoms with Crippen LogP contribution in [-0.2, 0) is 16.1 Å². The molecular weight excluding hydrogens is 218 g/mol. The minimum atomic E-state index is -1.10. The molecule has 0 spiro atoms. The van der Waals surface area contributed by atoms with Gasteiger partial charge in [0, 0.05) is 6.54 Å². The molecule has 1 aromatic heterocycles. The molecule has 16 heavy (non-hydrogen) atoms. The van der Waals surface area contributed by atoms with Gasteiger partial charge in [0.25, 0.3) is 0 Å². The van der Waals surface area contributed by atoms with E-state index in [2.05, 4.69) is 14.9 Å². The molecule has 0 atom stereocenters. The van der Waals surface area contributed by atoms with E-state index in [0.717, 1.165) is 0 Å². The fourth-order valence-corrected chi connectivity index (χ4v) is 1.16. The summed E-state index contributed by atoms with van der Waals surface area (Å²) in [5.41, 5.74) is 0.947. The van der Waals surface area contributed by atoms with Crippen molar-refractivity contribution in [2.24, 2.45) is 0 Å². The Balaban J connectivity index is 2.66. The van der Waals surface area contributed by atoms with E-state index < -0.39 is 11.9 Å². The van der Waals surface area contributed by atoms with Gasteiger partial charge in [0.1, 0.15) is 11.4 Å². The number of carboxylic acid groups (broad SMARTS) is 2. The molecule has 0 aromatic carbocycles. The zero-order valence-electron chi connectivity index (χ0n) is 8.58. The van der Waals surface area contributed by atoms with Crippen LogP contribution >= 0.6 is 0 Å². The summed E-state index contributed by atoms with van der Waals surface area (Å²) in [4.78, 5) is 22.2. The first-order chi connectivity index (χ1) is 7.49. The number of hydrogen-bond acceptors (Lipinski definition) is 6. The normalized spacial score (nSPS) is 10.6. The molecule has 0 bridgehead atoms. The Morgan fingerprint density at radius 1 is 1.25 bits per heavy atom. The molecule has 88 valence electrons. The third-order valence-corrected chi connectivity index (χ3v) is 1.84. The van der Waals surface area contributed by atoms with Crippen LogP contribution in [0.3, 0.4) is 0 Å². The van der Waals surface area contributed by atoms with Gasteiger partial charge in [-0.15, -0.1) is 0 Å². The maximum absolute atomic E-state index is 10.5. The molecule has 0 saturated carbocycles. The predicted molar refractivity (Wildman–Crippen MR) is 49.6 cm³/mol. The maximum Gasteiger partial charge on any atom is 0.317 e. The Bertz CT molecular complexity index is 373. The molecule has 1 heterocycles. The number of hydrogen-bond donors (Lipinski definition) is 2. The minimum absolute atomic E-state index is 0.0773. The van der Waals surface area contributed by atoms with E-state index in [4.69, 9.17) is 10.2 Å². The summed E-state index contributed by atoms with van der Waals surface area (Å²) in [6, 6.07) is 0. The topological polar surface area (TPSA) is 117 Å². The summed E-state index contributed by atoms with van der Waals surface area (Å²) in [5, 5.41) is 24.3. The average molecular weight is 229 g/mol. The lowest BCUT2D eigenvalue weighted by Gasteiger charge is -2.15. The van der Waals surface area contributed by atoms with Crippen LogP contribution in [0.1, 0.15) is 11.4 Å². The first-order valence-electron chi connectivity index (χ1n) is 4.43. The molecule has 1 rings (SSSR count). The Kier molecular flexibility index (Phi) is 3.95. The molecule has 0 aliphatic carbocycles. The van der Waals surface area contributed by atoms with Gasteiger partial charge < -0.3 is 10.2 Å². The van der Waals surface area contributed by atoms with E-state index in [0.29, 0.717) is 11.4 Å². The SMILES string of the molecule is Cc1nonc1CN(CC(=O)O)CC(=O)O. The second-order valence-electron chi connectivity index (χ2n) is 3.23. The lowest BCUT2D eigenvalue weighted by Crippen LogP contribution is -2.34. The molecule has 0 unspecified atom stereocenters. The second kappa shape index (κ2) is 5.21. The highest BCUT2D eigenvalue weighted by atomic mass is 16.6. The van der Waals surface area contributed by atoms with E-state index in [1.54, 1.807) is 6.92 Å². The van der Waals surface area contributed by atoms with Crippen molar-refractivity contribution < 1.29 is 24.4 Å². The molecule has 8 heteroatoms. The smallest absolute Gasteiger partial charge is 0.317 e. The number of aromatic nitrogens is 2. The van der Waals surface area contributed by atoms with Crippen molar-refractivity contribution in [1.82, 2.24) is 15.2 Å². The second-order valence-corrected chi connectivity index (χ2v) is 3.23. The summed E-state index contributed by atoms with van der Waals surface area (Å²) in [6.07, 6.45) is 0. The van der Waals surface area contributed by atoms with E-state index >= 15 is 0 Å². The van der Waals surface area contributed by atoms with Gasteiger partial charge >= 0.3 is 11.9 Å². The van der Waals surface area contributed by atoms with Gasteiger partial charge in [-0.3, -0.25) is 14.5 Å². The summed E-state index contributed by atoms with van der Waals surface area (Å²) in [5.74, 6) is -2.20. The standard InChI is InChI=1S/C8H11N3O5/c1-5-6(10-16-9-5)2-11(3-7(12)13)4-8(14)15/h2-4H2,1H3,(H,12,13)(H,14,15). The van der Waals surface area contributed by atoms with E-state index in [1.807, 2.05) is 0 Å². The first-order valence-corrected chi connectivity index (χ1v) is 4.43. The van der Waals surface area contributed by atoms with Crippen LogP contribution in [0, 0.1) is 6.92 Å². The largest absolute Gasteiger partial charge is 0.480 e. The predicted octanol–water partition coefficient (Wildman–Crippen LogP) is -0.651. The number of carbonyl (C=O) groups is 2. The van der Waals surface area contributed by atoms with Crippen molar-refractivity contribution in [1.29, 1.82) is 0 Å². The number of aliphatic carboxylic acids is 2. The van der Waals surface area contributed by atoms with Crippen LogP contribution in [0.4, 0.5) is 0 Å². The number of aryl methyl sites for hydroxylation is 1. The van der Waals surface area contributed by atoms with Gasteiger partial charge in [-0.25, -0.2) is 4.63 Å². The Morgan fingerprint density at radius 3 is 2.19 bits per heavy atom. The van der Waals surface area contributed by atoms with Crippen molar-refractivity contribution in [3.05, 3.63) is 11.4 Å². The summed E-state index contributed by atoms with van der Waals surface area (Å²) >= 11 is 0. The van der Waals surface area contributed by atoms with Crippen molar-refractivity contribution in [3.63, 3.8) is 0 Å². The van der Waals surface area contributed by atoms with Gasteiger partial charge in [0.15, 0.2) is 0 Å². The summed E-state index contributed by atoms with van der Waals surface area (Å²) in [6.45, 7) is 0.969. The molecule has 0 saturated heterocycles. The molecule has 0 amide bonds. The first kappa shape index (κ1) is 12.1. The van der Waals surface area contributed by atoms with Crippen molar-refractivity contribution in [3.8, 4) is 0 Å². The monoisotopic (exact) mass is 229 g/mol. The molecular formula is C8H11N3O5. The summed E-state index contributed by atoms with van der Waals surface area (Å²) in [7, 11) is 0. The van der Waals surface area contributed by atoms with Gasteiger partial charge in [0.05, 0.1) is 13.1 Å². The van der Waals surface area contributed by atoms with Crippen LogP contribution in [0.25, 0.3) is 0 Å². The summed E-state index contributed by atoms with van der Waals surface area (Å²) < 4.78 is 4.43. The minimum Gasteiger partial charge on any atom is -0.480 e. The lowest BCUT2D eigenvalue weighted by molar-refractivity contribution is -0.142. The van der Waals surface area contributed by atoms with E-state index in [-0.39, 0.29) is 19.6 Å². The molecule has 0 radical (unpaired) electrons. The van der Waals surface area contributed by atoms with E-state index in [1.165, 1.54) is 4.90 Å². The van der Waals surface area contributed by atoms with Crippen molar-refractivity contribution in [2.75, 3.05) is 13.1 Å². The molecule has 0 fully saturated rings. The fourth-order valence-electron chi connectivity index (χ4n) is 1.16. The number of carboxylic acids is 2. The average Bonchev–Trinajstić information content (AvgIpc) is 2.49. The Hall–Kier alpha value is -1.96. The number of rotatable bonds is 6. The molecule has 1 aromatic rings. The van der Waals surface area contributed by atoms with Crippen LogP contribution in [0.5, 0.6) is 0 Å². The zero-order valence-corrected chi connectivity index (χ0v) is 8.58. The van der Waals surface area contributed by atoms with Gasteiger partial charge in [-0.2, -0.15) is 0 Å². The van der Waals surface area contributed by atoms with Gasteiger partial charge in [0.2, 0.25) is 0 Å². The van der Waals surface area contributed by atoms with Crippen LogP contribution in [0.15, 0.2) is 4.63 Å². The van der Waals surface area contributed by atoms with Gasteiger partial charge in [-0.05, 0) is 6.92 Å². The Labute approximate surface area is 90.4 Å². The van der Waals surface area contributed by atoms with Crippen LogP contribution in [-0.4, -0.2) is 50.5 Å². The quantitative estimate of drug-likeness (QED) is 0.660. The molecule has 0 aliphatic rings. The maximum atomic E-state index is 10.5. The van der Waals surface area contributed by atoms with Gasteiger partial charge in [-0.1, -0.05) is 10.3 Å². The highest BCUT2D eigenvalue weighted by Crippen LogP contribution is 2.05. The third kappa shape index (κ3) is 3.65. The fraction of sp³-hybridized carbons (Fsp3) is 0.500. The highest BCUT2D eigenvalue weighted by molar-refractivity contribution is 5.72. The van der Waals surface area contributed by atoms with Crippen LogP contribution < -0.4 is 0 Å². The highest BCUT2D eigenvalue weighted by Gasteiger charge is 2.17. The molecule has 8 nitrogen and oxygen atoms in total. The van der Waals surface area contributed by atoms with E-state index in [9.17, 15) is 9.59 Å². The zero-order chi connectivity index (χ0) is 12.1. The molecule has 2 N–H and O–H groups in total. The van der Waals surface area contributed by atoms with Crippen LogP contribution in [0.2, 0.25) is 0 Å². The van der Waals surface area contributed by atoms with Crippen molar-refractivity contribution in [2.45, 2.75) is 13.5 Å². The number of nitrogens with zero attached hydrogens (tertiary/aromatic N) is 3. The Morgan fingerprint density at radius 2 is 1.81 bits per heavy atom. The van der Waals surface area contributed by atoms with Crippen molar-refractivity contribution >= 4 is 11.9 Å². The lowest BCUT2D eigenvalue weighted by atomic mass is 10.3. The molecule has 0 aliphatic heterocycles.